The lowest BCUT2D eigenvalue weighted by atomic mass is 10.1. The van der Waals surface area contributed by atoms with Crippen LogP contribution >= 0.6 is 0 Å². The number of aryl methyl sites for hydroxylation is 1. The quantitative estimate of drug-likeness (QED) is 0.508. The molecule has 35 heavy (non-hydrogen) atoms. The number of aromatic nitrogens is 2. The third-order valence-electron chi connectivity index (χ3n) is 6.20. The lowest BCUT2D eigenvalue weighted by Gasteiger charge is -2.37. The molecule has 2 unspecified atom stereocenters. The Morgan fingerprint density at radius 1 is 1.09 bits per heavy atom. The lowest BCUT2D eigenvalue weighted by molar-refractivity contribution is -0.137. The van der Waals surface area contributed by atoms with Gasteiger partial charge in [-0.3, -0.25) is 9.80 Å². The van der Waals surface area contributed by atoms with Gasteiger partial charge in [0.25, 0.3) is 0 Å². The van der Waals surface area contributed by atoms with Gasteiger partial charge >= 0.3 is 6.18 Å². The highest BCUT2D eigenvalue weighted by Crippen LogP contribution is 2.32. The first-order chi connectivity index (χ1) is 16.7. The van der Waals surface area contributed by atoms with Gasteiger partial charge in [-0.2, -0.15) is 18.2 Å². The van der Waals surface area contributed by atoms with Crippen molar-refractivity contribution in [3.63, 3.8) is 0 Å². The number of rotatable bonds is 8. The number of nitrogens with zero attached hydrogens (tertiary/aromatic N) is 4. The van der Waals surface area contributed by atoms with E-state index in [0.29, 0.717) is 12.4 Å². The molecule has 4 rings (SSSR count). The van der Waals surface area contributed by atoms with E-state index in [4.69, 9.17) is 9.26 Å². The fourth-order valence-corrected chi connectivity index (χ4v) is 4.10. The molecule has 2 heterocycles. The number of ether oxygens (including phenoxy) is 1. The molecule has 0 saturated carbocycles. The minimum absolute atomic E-state index is 0.133. The average Bonchev–Trinajstić information content (AvgIpc) is 3.34. The number of aliphatic hydroxyl groups excluding tert-OH is 1. The van der Waals surface area contributed by atoms with Gasteiger partial charge in [-0.15, -0.1) is 0 Å². The molecule has 0 radical (unpaired) electrons. The molecule has 1 aliphatic rings. The van der Waals surface area contributed by atoms with Crippen LogP contribution in [0.25, 0.3) is 11.4 Å². The Hall–Kier alpha value is -2.95. The van der Waals surface area contributed by atoms with E-state index < -0.39 is 17.8 Å². The Bertz CT molecular complexity index is 1110. The van der Waals surface area contributed by atoms with Gasteiger partial charge < -0.3 is 14.4 Å². The molecule has 7 nitrogen and oxygen atoms in total. The van der Waals surface area contributed by atoms with Crippen LogP contribution in [0.1, 0.15) is 30.0 Å². The van der Waals surface area contributed by atoms with Crippen LogP contribution in [0.15, 0.2) is 53.1 Å². The highest BCUT2D eigenvalue weighted by Gasteiger charge is 2.31. The van der Waals surface area contributed by atoms with E-state index >= 15 is 0 Å². The first-order valence-corrected chi connectivity index (χ1v) is 11.5. The second kappa shape index (κ2) is 10.8. The fraction of sp³-hybridized carbons (Fsp3) is 0.440. The largest absolute Gasteiger partial charge is 0.491 e. The van der Waals surface area contributed by atoms with Crippen molar-refractivity contribution in [3.8, 4) is 17.1 Å². The molecular formula is C25H29F3N4O3. The van der Waals surface area contributed by atoms with E-state index in [1.807, 2.05) is 38.1 Å². The standard InChI is InChI=1S/C25H29F3N4O3/c1-17-6-3-4-9-22(17)34-16-21(33)15-31-10-12-32(13-11-31)18(2)24-29-23(30-35-24)19-7-5-8-20(14-19)25(26,27)28/h3-9,14,18,21,33H,10-13,15-16H2,1-2H3. The minimum Gasteiger partial charge on any atom is -0.491 e. The number of piperazine rings is 1. The number of aliphatic hydroxyl groups is 1. The summed E-state index contributed by atoms with van der Waals surface area (Å²) >= 11 is 0. The Morgan fingerprint density at radius 2 is 1.83 bits per heavy atom. The molecule has 1 saturated heterocycles. The van der Waals surface area contributed by atoms with Crippen LogP contribution in [0.2, 0.25) is 0 Å². The zero-order valence-corrected chi connectivity index (χ0v) is 19.7. The van der Waals surface area contributed by atoms with Gasteiger partial charge in [-0.05, 0) is 37.6 Å². The number of para-hydroxylation sites is 1. The molecule has 0 aliphatic carbocycles. The summed E-state index contributed by atoms with van der Waals surface area (Å²) in [5, 5.41) is 14.3. The van der Waals surface area contributed by atoms with Crippen LogP contribution < -0.4 is 4.74 Å². The van der Waals surface area contributed by atoms with Crippen LogP contribution in [0, 0.1) is 6.92 Å². The Balaban J connectivity index is 1.28. The maximum atomic E-state index is 13.0. The van der Waals surface area contributed by atoms with Crippen LogP contribution in [0.3, 0.4) is 0 Å². The molecule has 1 N–H and O–H groups in total. The number of alkyl halides is 3. The van der Waals surface area contributed by atoms with E-state index in [1.165, 1.54) is 12.1 Å². The van der Waals surface area contributed by atoms with Crippen LogP contribution in [-0.4, -0.2) is 70.5 Å². The summed E-state index contributed by atoms with van der Waals surface area (Å²) in [5.41, 5.74) is 0.533. The monoisotopic (exact) mass is 490 g/mol. The molecule has 1 fully saturated rings. The summed E-state index contributed by atoms with van der Waals surface area (Å²) in [6.45, 7) is 7.59. The second-order valence-corrected chi connectivity index (χ2v) is 8.78. The summed E-state index contributed by atoms with van der Waals surface area (Å²) in [5.74, 6) is 1.26. The summed E-state index contributed by atoms with van der Waals surface area (Å²) in [6.07, 6.45) is -5.04. The Labute approximate surface area is 202 Å². The number of β-amino-alcohol motifs (C(OH)–C–C–N with tert-alkyl or cyclic N) is 1. The van der Waals surface area contributed by atoms with E-state index in [9.17, 15) is 18.3 Å². The van der Waals surface area contributed by atoms with Crippen LogP contribution in [0.5, 0.6) is 5.75 Å². The van der Waals surface area contributed by atoms with Gasteiger partial charge in [-0.25, -0.2) is 0 Å². The Morgan fingerprint density at radius 3 is 2.54 bits per heavy atom. The summed E-state index contributed by atoms with van der Waals surface area (Å²) in [6, 6.07) is 12.4. The van der Waals surface area contributed by atoms with Crippen molar-refractivity contribution in [2.75, 3.05) is 39.3 Å². The smallest absolute Gasteiger partial charge is 0.416 e. The molecule has 10 heteroatoms. The van der Waals surface area contributed by atoms with Crippen molar-refractivity contribution >= 4 is 0 Å². The molecule has 1 aromatic heterocycles. The summed E-state index contributed by atoms with van der Waals surface area (Å²) < 4.78 is 50.2. The maximum absolute atomic E-state index is 13.0. The third kappa shape index (κ3) is 6.39. The van der Waals surface area contributed by atoms with Crippen molar-refractivity contribution in [3.05, 3.63) is 65.5 Å². The lowest BCUT2D eigenvalue weighted by Crippen LogP contribution is -2.49. The zero-order chi connectivity index (χ0) is 25.0. The molecule has 1 aliphatic heterocycles. The number of hydrogen-bond donors (Lipinski definition) is 1. The summed E-state index contributed by atoms with van der Waals surface area (Å²) in [4.78, 5) is 8.70. The van der Waals surface area contributed by atoms with E-state index in [0.717, 1.165) is 49.6 Å². The van der Waals surface area contributed by atoms with Gasteiger partial charge in [0.05, 0.1) is 11.6 Å². The van der Waals surface area contributed by atoms with Crippen LogP contribution in [0.4, 0.5) is 13.2 Å². The van der Waals surface area contributed by atoms with Crippen molar-refractivity contribution < 1.29 is 27.5 Å². The second-order valence-electron chi connectivity index (χ2n) is 8.78. The minimum atomic E-state index is -4.43. The van der Waals surface area contributed by atoms with Crippen molar-refractivity contribution in [2.24, 2.45) is 0 Å². The highest BCUT2D eigenvalue weighted by atomic mass is 19.4. The van der Waals surface area contributed by atoms with Crippen molar-refractivity contribution in [2.45, 2.75) is 32.2 Å². The van der Waals surface area contributed by atoms with Gasteiger partial charge in [0.2, 0.25) is 11.7 Å². The number of halogens is 3. The van der Waals surface area contributed by atoms with E-state index in [2.05, 4.69) is 19.9 Å². The van der Waals surface area contributed by atoms with Crippen molar-refractivity contribution in [1.29, 1.82) is 0 Å². The third-order valence-corrected chi connectivity index (χ3v) is 6.20. The Kier molecular flexibility index (Phi) is 7.73. The molecule has 0 amide bonds. The zero-order valence-electron chi connectivity index (χ0n) is 19.7. The molecule has 3 aromatic rings. The van der Waals surface area contributed by atoms with Gasteiger partial charge in [-0.1, -0.05) is 35.5 Å². The van der Waals surface area contributed by atoms with E-state index in [-0.39, 0.29) is 24.0 Å². The summed E-state index contributed by atoms with van der Waals surface area (Å²) in [7, 11) is 0. The normalized spacial score (nSPS) is 17.3. The maximum Gasteiger partial charge on any atom is 0.416 e. The number of benzene rings is 2. The van der Waals surface area contributed by atoms with Gasteiger partial charge in [0, 0.05) is 38.3 Å². The van der Waals surface area contributed by atoms with Gasteiger partial charge in [0.1, 0.15) is 18.5 Å². The topological polar surface area (TPSA) is 74.9 Å². The molecular weight excluding hydrogens is 461 g/mol. The predicted molar refractivity (Wildman–Crippen MR) is 124 cm³/mol. The van der Waals surface area contributed by atoms with Gasteiger partial charge in [0.15, 0.2) is 0 Å². The van der Waals surface area contributed by atoms with E-state index in [1.54, 1.807) is 0 Å². The van der Waals surface area contributed by atoms with Crippen molar-refractivity contribution in [1.82, 2.24) is 19.9 Å². The average molecular weight is 491 g/mol. The first-order valence-electron chi connectivity index (χ1n) is 11.5. The predicted octanol–water partition coefficient (Wildman–Crippen LogP) is 4.18. The SMILES string of the molecule is Cc1ccccc1OCC(O)CN1CCN(C(C)c2nc(-c3cccc(C(F)(F)F)c3)no2)CC1. The molecule has 2 aromatic carbocycles. The number of hydrogen-bond acceptors (Lipinski definition) is 7. The molecule has 0 spiro atoms. The highest BCUT2D eigenvalue weighted by molar-refractivity contribution is 5.55. The molecule has 2 atom stereocenters. The molecule has 0 bridgehead atoms. The first kappa shape index (κ1) is 25.2. The molecule has 188 valence electrons. The fourth-order valence-electron chi connectivity index (χ4n) is 4.10. The van der Waals surface area contributed by atoms with Crippen LogP contribution in [-0.2, 0) is 6.18 Å².